The van der Waals surface area contributed by atoms with Crippen molar-refractivity contribution >= 4 is 11.7 Å². The number of ether oxygens (including phenoxy) is 1. The number of nitrogen functional groups attached to an aromatic ring is 1. The Morgan fingerprint density at radius 1 is 1.23 bits per heavy atom. The molecule has 0 saturated heterocycles. The summed E-state index contributed by atoms with van der Waals surface area (Å²) in [7, 11) is 1.58. The molecule has 3 aromatic rings. The van der Waals surface area contributed by atoms with E-state index >= 15 is 0 Å². The molecule has 1 amide bonds. The number of carbonyl (C=O) groups is 1. The quantitative estimate of drug-likeness (QED) is 0.705. The van der Waals surface area contributed by atoms with Crippen molar-refractivity contribution in [1.82, 2.24) is 20.3 Å². The third-order valence-corrected chi connectivity index (χ3v) is 3.80. The Balaban J connectivity index is 1.67. The largest absolute Gasteiger partial charge is 0.497 e. The second-order valence-electron chi connectivity index (χ2n) is 5.65. The van der Waals surface area contributed by atoms with Crippen LogP contribution in [0.15, 0.2) is 48.5 Å². The van der Waals surface area contributed by atoms with E-state index in [9.17, 15) is 9.18 Å². The summed E-state index contributed by atoms with van der Waals surface area (Å²) in [6.07, 6.45) is 0. The predicted octanol–water partition coefficient (Wildman–Crippen LogP) is 1.99. The van der Waals surface area contributed by atoms with E-state index in [-0.39, 0.29) is 23.9 Å². The van der Waals surface area contributed by atoms with Gasteiger partial charge in [-0.1, -0.05) is 29.5 Å². The first-order valence-electron chi connectivity index (χ1n) is 7.91. The van der Waals surface area contributed by atoms with Crippen molar-refractivity contribution in [3.63, 3.8) is 0 Å². The van der Waals surface area contributed by atoms with Gasteiger partial charge in [0.1, 0.15) is 11.6 Å². The lowest BCUT2D eigenvalue weighted by Gasteiger charge is -2.06. The zero-order valence-electron chi connectivity index (χ0n) is 14.1. The maximum Gasteiger partial charge on any atom is 0.275 e. The Morgan fingerprint density at radius 2 is 2.00 bits per heavy atom. The Bertz CT molecular complexity index is 925. The van der Waals surface area contributed by atoms with Crippen LogP contribution < -0.4 is 15.8 Å². The normalized spacial score (nSPS) is 10.5. The van der Waals surface area contributed by atoms with Crippen LogP contribution in [-0.2, 0) is 13.1 Å². The van der Waals surface area contributed by atoms with Crippen LogP contribution in [0, 0.1) is 5.82 Å². The average molecular weight is 355 g/mol. The van der Waals surface area contributed by atoms with E-state index in [1.54, 1.807) is 19.2 Å². The molecule has 0 aliphatic carbocycles. The highest BCUT2D eigenvalue weighted by atomic mass is 19.1. The minimum absolute atomic E-state index is 0.0318. The van der Waals surface area contributed by atoms with E-state index in [1.165, 1.54) is 16.8 Å². The summed E-state index contributed by atoms with van der Waals surface area (Å²) >= 11 is 0. The summed E-state index contributed by atoms with van der Waals surface area (Å²) in [4.78, 5) is 12.3. The first-order valence-corrected chi connectivity index (χ1v) is 7.91. The molecule has 0 saturated carbocycles. The summed E-state index contributed by atoms with van der Waals surface area (Å²) in [6, 6.07) is 13.4. The average Bonchev–Trinajstić information content (AvgIpc) is 3.00. The fraction of sp³-hybridized carbons (Fsp3) is 0.167. The molecule has 0 fully saturated rings. The third kappa shape index (κ3) is 3.97. The third-order valence-electron chi connectivity index (χ3n) is 3.80. The summed E-state index contributed by atoms with van der Waals surface area (Å²) in [5.41, 5.74) is 7.55. The minimum atomic E-state index is -0.434. The first kappa shape index (κ1) is 17.4. The molecule has 1 heterocycles. The van der Waals surface area contributed by atoms with Gasteiger partial charge in [0.2, 0.25) is 0 Å². The molecule has 134 valence electrons. The number of nitrogens with two attached hydrogens (primary N) is 1. The van der Waals surface area contributed by atoms with E-state index in [4.69, 9.17) is 10.5 Å². The smallest absolute Gasteiger partial charge is 0.275 e. The summed E-state index contributed by atoms with van der Waals surface area (Å²) in [5, 5.41) is 10.5. The number of hydrogen-bond donors (Lipinski definition) is 2. The van der Waals surface area contributed by atoms with Crippen LogP contribution in [0.2, 0.25) is 0 Å². The van der Waals surface area contributed by atoms with Crippen LogP contribution in [0.5, 0.6) is 5.75 Å². The number of nitrogens with zero attached hydrogens (tertiary/aromatic N) is 3. The molecule has 3 N–H and O–H groups in total. The van der Waals surface area contributed by atoms with Crippen LogP contribution >= 0.6 is 0 Å². The first-order chi connectivity index (χ1) is 12.6. The van der Waals surface area contributed by atoms with Gasteiger partial charge in [-0.25, -0.2) is 9.07 Å². The fourth-order valence-electron chi connectivity index (χ4n) is 2.46. The maximum absolute atomic E-state index is 13.3. The molecular formula is C18H18FN5O2. The number of hydrogen-bond acceptors (Lipinski definition) is 5. The molecule has 2 aromatic carbocycles. The number of carbonyl (C=O) groups excluding carboxylic acids is 1. The van der Waals surface area contributed by atoms with Crippen LogP contribution in [-0.4, -0.2) is 28.0 Å². The highest BCUT2D eigenvalue weighted by Gasteiger charge is 2.17. The van der Waals surface area contributed by atoms with Gasteiger partial charge in [0, 0.05) is 6.54 Å². The molecule has 7 nitrogen and oxygen atoms in total. The van der Waals surface area contributed by atoms with Gasteiger partial charge in [-0.15, -0.1) is 5.10 Å². The van der Waals surface area contributed by atoms with Crippen LogP contribution in [0.3, 0.4) is 0 Å². The molecular weight excluding hydrogens is 337 g/mol. The maximum atomic E-state index is 13.3. The van der Waals surface area contributed by atoms with Gasteiger partial charge < -0.3 is 15.8 Å². The SMILES string of the molecule is COc1cccc(CNC(=O)c2nnn(Cc3cccc(F)c3)c2N)c1. The van der Waals surface area contributed by atoms with Crippen molar-refractivity contribution in [2.45, 2.75) is 13.1 Å². The zero-order chi connectivity index (χ0) is 18.5. The second-order valence-corrected chi connectivity index (χ2v) is 5.65. The fourth-order valence-corrected chi connectivity index (χ4v) is 2.46. The van der Waals surface area contributed by atoms with E-state index in [0.717, 1.165) is 5.56 Å². The molecule has 26 heavy (non-hydrogen) atoms. The summed E-state index contributed by atoms with van der Waals surface area (Å²) < 4.78 is 19.8. The Labute approximate surface area is 149 Å². The van der Waals surface area contributed by atoms with Gasteiger partial charge in [-0.2, -0.15) is 0 Å². The molecule has 0 unspecified atom stereocenters. The lowest BCUT2D eigenvalue weighted by atomic mass is 10.2. The number of benzene rings is 2. The molecule has 0 bridgehead atoms. The zero-order valence-corrected chi connectivity index (χ0v) is 14.1. The number of aromatic nitrogens is 3. The van der Waals surface area contributed by atoms with Gasteiger partial charge in [0.25, 0.3) is 5.91 Å². The van der Waals surface area contributed by atoms with Crippen molar-refractivity contribution in [3.8, 4) is 5.75 Å². The molecule has 0 aliphatic rings. The molecule has 0 spiro atoms. The standard InChI is InChI=1S/C18H18FN5O2/c1-26-15-7-3-4-12(9-15)10-21-18(25)16-17(20)24(23-22-16)11-13-5-2-6-14(19)8-13/h2-9H,10-11,20H2,1H3,(H,21,25). The van der Waals surface area contributed by atoms with E-state index in [0.29, 0.717) is 17.9 Å². The van der Waals surface area contributed by atoms with Gasteiger partial charge in [-0.05, 0) is 35.4 Å². The lowest BCUT2D eigenvalue weighted by molar-refractivity contribution is 0.0946. The van der Waals surface area contributed by atoms with Crippen LogP contribution in [0.4, 0.5) is 10.2 Å². The van der Waals surface area contributed by atoms with Crippen LogP contribution in [0.1, 0.15) is 21.6 Å². The number of nitrogens with one attached hydrogen (secondary N) is 1. The summed E-state index contributed by atoms with van der Waals surface area (Å²) in [5.74, 6) is 0.0444. The highest BCUT2D eigenvalue weighted by molar-refractivity contribution is 5.96. The Kier molecular flexibility index (Phi) is 5.12. The monoisotopic (exact) mass is 355 g/mol. The molecule has 8 heteroatoms. The predicted molar refractivity (Wildman–Crippen MR) is 94.1 cm³/mol. The van der Waals surface area contributed by atoms with Gasteiger partial charge in [0.15, 0.2) is 11.5 Å². The minimum Gasteiger partial charge on any atom is -0.497 e. The van der Waals surface area contributed by atoms with Gasteiger partial charge in [-0.3, -0.25) is 4.79 Å². The molecule has 3 rings (SSSR count). The van der Waals surface area contributed by atoms with Gasteiger partial charge >= 0.3 is 0 Å². The Morgan fingerprint density at radius 3 is 2.77 bits per heavy atom. The second kappa shape index (κ2) is 7.64. The number of amides is 1. The van der Waals surface area contributed by atoms with Crippen molar-refractivity contribution in [3.05, 3.63) is 71.2 Å². The van der Waals surface area contributed by atoms with E-state index in [1.807, 2.05) is 24.3 Å². The van der Waals surface area contributed by atoms with Gasteiger partial charge in [0.05, 0.1) is 13.7 Å². The number of anilines is 1. The number of halogens is 1. The summed E-state index contributed by atoms with van der Waals surface area (Å²) in [6.45, 7) is 0.520. The highest BCUT2D eigenvalue weighted by Crippen LogP contribution is 2.14. The Hall–Kier alpha value is -3.42. The van der Waals surface area contributed by atoms with Crippen molar-refractivity contribution in [1.29, 1.82) is 0 Å². The topological polar surface area (TPSA) is 95.1 Å². The van der Waals surface area contributed by atoms with Crippen molar-refractivity contribution in [2.75, 3.05) is 12.8 Å². The number of rotatable bonds is 6. The number of methoxy groups -OCH3 is 1. The lowest BCUT2D eigenvalue weighted by Crippen LogP contribution is -2.24. The molecule has 0 radical (unpaired) electrons. The van der Waals surface area contributed by atoms with Crippen LogP contribution in [0.25, 0.3) is 0 Å². The van der Waals surface area contributed by atoms with Crippen molar-refractivity contribution in [2.24, 2.45) is 0 Å². The van der Waals surface area contributed by atoms with Crippen molar-refractivity contribution < 1.29 is 13.9 Å². The van der Waals surface area contributed by atoms with E-state index in [2.05, 4.69) is 15.6 Å². The molecule has 0 atom stereocenters. The van der Waals surface area contributed by atoms with E-state index < -0.39 is 5.91 Å². The molecule has 0 aliphatic heterocycles. The molecule has 1 aromatic heterocycles.